The molecule has 0 aromatic heterocycles. The first-order valence-corrected chi connectivity index (χ1v) is 5.91. The molecule has 1 unspecified atom stereocenters. The Morgan fingerprint density at radius 1 is 1.25 bits per heavy atom. The summed E-state index contributed by atoms with van der Waals surface area (Å²) in [5, 5.41) is 0. The monoisotopic (exact) mass is 235 g/mol. The van der Waals surface area contributed by atoms with Crippen molar-refractivity contribution in [1.29, 1.82) is 0 Å². The van der Waals surface area contributed by atoms with Crippen molar-refractivity contribution in [1.82, 2.24) is 4.90 Å². The quantitative estimate of drug-likeness (QED) is 0.484. The molecule has 2 heteroatoms. The summed E-state index contributed by atoms with van der Waals surface area (Å²) in [6, 6.07) is 0. The van der Waals surface area contributed by atoms with Crippen LogP contribution >= 0.6 is 15.9 Å². The molecule has 0 rings (SSSR count). The molecule has 12 heavy (non-hydrogen) atoms. The molecule has 0 spiro atoms. The largest absolute Gasteiger partial charge is 0.305 e. The van der Waals surface area contributed by atoms with Crippen molar-refractivity contribution in [3.8, 4) is 0 Å². The molecule has 74 valence electrons. The molecule has 0 aliphatic rings. The highest BCUT2D eigenvalue weighted by Crippen LogP contribution is 2.03. The molecule has 0 heterocycles. The first kappa shape index (κ1) is 12.4. The predicted octanol–water partition coefficient (Wildman–Crippen LogP) is 3.28. The van der Waals surface area contributed by atoms with E-state index in [9.17, 15) is 0 Å². The zero-order chi connectivity index (χ0) is 9.40. The van der Waals surface area contributed by atoms with Crippen LogP contribution < -0.4 is 0 Å². The van der Waals surface area contributed by atoms with E-state index in [-0.39, 0.29) is 0 Å². The van der Waals surface area contributed by atoms with Gasteiger partial charge in [-0.15, -0.1) is 0 Å². The molecule has 0 radical (unpaired) electrons. The number of halogens is 1. The molecular weight excluding hydrogens is 214 g/mol. The van der Waals surface area contributed by atoms with Crippen LogP contribution in [-0.2, 0) is 0 Å². The summed E-state index contributed by atoms with van der Waals surface area (Å²) in [6.07, 6.45) is 5.46. The Labute approximate surface area is 85.7 Å². The topological polar surface area (TPSA) is 3.24 Å². The van der Waals surface area contributed by atoms with Crippen molar-refractivity contribution in [3.05, 3.63) is 0 Å². The van der Waals surface area contributed by atoms with E-state index in [0.717, 1.165) is 6.54 Å². The van der Waals surface area contributed by atoms with Gasteiger partial charge in [0.15, 0.2) is 0 Å². The number of unbranched alkanes of at least 4 members (excludes halogenated alkanes) is 3. The van der Waals surface area contributed by atoms with Crippen LogP contribution in [0, 0.1) is 0 Å². The van der Waals surface area contributed by atoms with Crippen LogP contribution in [0.25, 0.3) is 0 Å². The normalized spacial score (nSPS) is 13.8. The maximum Gasteiger partial charge on any atom is 0.0244 e. The number of rotatable bonds is 7. The highest BCUT2D eigenvalue weighted by molar-refractivity contribution is 9.09. The maximum absolute atomic E-state index is 3.56. The van der Waals surface area contributed by atoms with Crippen molar-refractivity contribution in [2.75, 3.05) is 20.1 Å². The average Bonchev–Trinajstić information content (AvgIpc) is 1.97. The summed E-state index contributed by atoms with van der Waals surface area (Å²) in [5.74, 6) is 0. The van der Waals surface area contributed by atoms with E-state index < -0.39 is 0 Å². The smallest absolute Gasteiger partial charge is 0.0244 e. The van der Waals surface area contributed by atoms with Gasteiger partial charge in [-0.25, -0.2) is 0 Å². The summed E-state index contributed by atoms with van der Waals surface area (Å²) in [5.41, 5.74) is 0. The second kappa shape index (κ2) is 8.06. The molecule has 0 saturated heterocycles. The zero-order valence-electron chi connectivity index (χ0n) is 8.65. The predicted molar refractivity (Wildman–Crippen MR) is 60.0 cm³/mol. The minimum Gasteiger partial charge on any atom is -0.305 e. The van der Waals surface area contributed by atoms with Gasteiger partial charge in [0.25, 0.3) is 0 Å². The van der Waals surface area contributed by atoms with Crippen molar-refractivity contribution < 1.29 is 0 Å². The van der Waals surface area contributed by atoms with Crippen LogP contribution in [0.4, 0.5) is 0 Å². The molecule has 0 N–H and O–H groups in total. The van der Waals surface area contributed by atoms with Crippen LogP contribution in [0.3, 0.4) is 0 Å². The summed E-state index contributed by atoms with van der Waals surface area (Å²) in [4.78, 5) is 3.02. The lowest BCUT2D eigenvalue weighted by Crippen LogP contribution is -2.25. The third kappa shape index (κ3) is 8.54. The highest BCUT2D eigenvalue weighted by Gasteiger charge is 2.01. The van der Waals surface area contributed by atoms with Crippen LogP contribution in [-0.4, -0.2) is 29.9 Å². The third-order valence-corrected chi connectivity index (χ3v) is 2.25. The van der Waals surface area contributed by atoms with Gasteiger partial charge in [-0.2, -0.15) is 0 Å². The summed E-state index contributed by atoms with van der Waals surface area (Å²) in [6.45, 7) is 6.86. The fraction of sp³-hybridized carbons (Fsp3) is 1.00. The lowest BCUT2D eigenvalue weighted by atomic mass is 10.2. The highest BCUT2D eigenvalue weighted by atomic mass is 79.9. The van der Waals surface area contributed by atoms with E-state index in [1.165, 1.54) is 32.2 Å². The first-order valence-electron chi connectivity index (χ1n) is 4.99. The SMILES string of the molecule is CCCCCCN(C)CC(C)Br. The Balaban J connectivity index is 3.14. The fourth-order valence-electron chi connectivity index (χ4n) is 1.33. The molecule has 0 aromatic rings. The standard InChI is InChI=1S/C10H22BrN/c1-4-5-6-7-8-12(3)9-10(2)11/h10H,4-9H2,1-3H3. The Bertz CT molecular complexity index is 93.8. The number of nitrogens with zero attached hydrogens (tertiary/aromatic N) is 1. The second-order valence-electron chi connectivity index (χ2n) is 3.60. The Kier molecular flexibility index (Phi) is 8.35. The summed E-state index contributed by atoms with van der Waals surface area (Å²) < 4.78 is 0. The van der Waals surface area contributed by atoms with Gasteiger partial charge < -0.3 is 4.90 Å². The van der Waals surface area contributed by atoms with Gasteiger partial charge in [0, 0.05) is 11.4 Å². The van der Waals surface area contributed by atoms with E-state index in [4.69, 9.17) is 0 Å². The van der Waals surface area contributed by atoms with Crippen LogP contribution in [0.2, 0.25) is 0 Å². The summed E-state index contributed by atoms with van der Waals surface area (Å²) in [7, 11) is 2.20. The molecular formula is C10H22BrN. The minimum absolute atomic E-state index is 0.619. The second-order valence-corrected chi connectivity index (χ2v) is 5.17. The van der Waals surface area contributed by atoms with Gasteiger partial charge in [-0.3, -0.25) is 0 Å². The minimum atomic E-state index is 0.619. The Morgan fingerprint density at radius 2 is 1.92 bits per heavy atom. The molecule has 0 bridgehead atoms. The molecule has 0 saturated carbocycles. The van der Waals surface area contributed by atoms with Gasteiger partial charge in [0.05, 0.1) is 0 Å². The van der Waals surface area contributed by atoms with E-state index >= 15 is 0 Å². The Morgan fingerprint density at radius 3 is 2.42 bits per heavy atom. The van der Waals surface area contributed by atoms with E-state index in [1.54, 1.807) is 0 Å². The lowest BCUT2D eigenvalue weighted by molar-refractivity contribution is 0.330. The van der Waals surface area contributed by atoms with Crippen molar-refractivity contribution in [2.45, 2.75) is 44.4 Å². The van der Waals surface area contributed by atoms with Crippen LogP contribution in [0.15, 0.2) is 0 Å². The summed E-state index contributed by atoms with van der Waals surface area (Å²) >= 11 is 3.56. The molecule has 0 amide bonds. The average molecular weight is 236 g/mol. The number of hydrogen-bond donors (Lipinski definition) is 0. The van der Waals surface area contributed by atoms with E-state index in [2.05, 4.69) is 41.7 Å². The van der Waals surface area contributed by atoms with Crippen molar-refractivity contribution in [2.24, 2.45) is 0 Å². The Hall–Kier alpha value is 0.440. The molecule has 1 atom stereocenters. The number of hydrogen-bond acceptors (Lipinski definition) is 1. The third-order valence-electron chi connectivity index (χ3n) is 1.96. The maximum atomic E-state index is 3.56. The fourth-order valence-corrected chi connectivity index (χ4v) is 1.82. The molecule has 0 aliphatic carbocycles. The molecule has 0 aromatic carbocycles. The zero-order valence-corrected chi connectivity index (χ0v) is 10.2. The van der Waals surface area contributed by atoms with Gasteiger partial charge in [-0.1, -0.05) is 49.0 Å². The van der Waals surface area contributed by atoms with E-state index in [1.807, 2.05) is 0 Å². The lowest BCUT2D eigenvalue weighted by Gasteiger charge is -2.17. The molecule has 0 fully saturated rings. The van der Waals surface area contributed by atoms with E-state index in [0.29, 0.717) is 4.83 Å². The van der Waals surface area contributed by atoms with Crippen LogP contribution in [0.5, 0.6) is 0 Å². The molecule has 1 nitrogen and oxygen atoms in total. The van der Waals surface area contributed by atoms with Crippen molar-refractivity contribution >= 4 is 15.9 Å². The van der Waals surface area contributed by atoms with Crippen molar-refractivity contribution in [3.63, 3.8) is 0 Å². The van der Waals surface area contributed by atoms with Gasteiger partial charge in [0.2, 0.25) is 0 Å². The van der Waals surface area contributed by atoms with Crippen LogP contribution in [0.1, 0.15) is 39.5 Å². The van der Waals surface area contributed by atoms with Gasteiger partial charge in [-0.05, 0) is 20.0 Å². The molecule has 0 aliphatic heterocycles. The van der Waals surface area contributed by atoms with Gasteiger partial charge in [0.1, 0.15) is 0 Å². The number of alkyl halides is 1. The first-order chi connectivity index (χ1) is 5.66. The van der Waals surface area contributed by atoms with Gasteiger partial charge >= 0.3 is 0 Å².